The van der Waals surface area contributed by atoms with E-state index in [1.165, 1.54) is 7.11 Å². The summed E-state index contributed by atoms with van der Waals surface area (Å²) in [4.78, 5) is 31.7. The van der Waals surface area contributed by atoms with Crippen LogP contribution < -0.4 is 4.90 Å². The predicted octanol–water partition coefficient (Wildman–Crippen LogP) is 2.17. The van der Waals surface area contributed by atoms with Gasteiger partial charge < -0.3 is 19.3 Å². The molecular formula is C17H25N3O4. The van der Waals surface area contributed by atoms with Crippen molar-refractivity contribution in [1.82, 2.24) is 9.88 Å². The van der Waals surface area contributed by atoms with Crippen LogP contribution in [0.3, 0.4) is 0 Å². The molecule has 0 spiro atoms. The Hall–Kier alpha value is -2.31. The molecule has 0 saturated carbocycles. The van der Waals surface area contributed by atoms with Gasteiger partial charge in [-0.15, -0.1) is 0 Å². The Balaban J connectivity index is 1.91. The van der Waals surface area contributed by atoms with Crippen molar-refractivity contribution < 1.29 is 19.1 Å². The SMILES string of the molecule is COC(=O)c1ccnc(N2CCN(C(=O)OCC(C)(C)C)CC2)c1. The lowest BCUT2D eigenvalue weighted by Gasteiger charge is -2.35. The number of carbonyl (C=O) groups is 2. The van der Waals surface area contributed by atoms with Gasteiger partial charge in [-0.3, -0.25) is 0 Å². The number of aromatic nitrogens is 1. The monoisotopic (exact) mass is 335 g/mol. The number of amides is 1. The Morgan fingerprint density at radius 1 is 1.21 bits per heavy atom. The predicted molar refractivity (Wildman–Crippen MR) is 90.2 cm³/mol. The van der Waals surface area contributed by atoms with Crippen LogP contribution in [0.4, 0.5) is 10.6 Å². The second-order valence-corrected chi connectivity index (χ2v) is 6.98. The molecule has 132 valence electrons. The molecule has 1 aliphatic heterocycles. The summed E-state index contributed by atoms with van der Waals surface area (Å²) < 4.78 is 10.1. The fourth-order valence-corrected chi connectivity index (χ4v) is 2.32. The van der Waals surface area contributed by atoms with Crippen LogP contribution in [-0.2, 0) is 9.47 Å². The number of nitrogens with zero attached hydrogens (tertiary/aromatic N) is 3. The molecule has 0 atom stereocenters. The minimum Gasteiger partial charge on any atom is -0.465 e. The Bertz CT molecular complexity index is 590. The van der Waals surface area contributed by atoms with Crippen molar-refractivity contribution in [2.45, 2.75) is 20.8 Å². The molecule has 24 heavy (non-hydrogen) atoms. The fourth-order valence-electron chi connectivity index (χ4n) is 2.32. The van der Waals surface area contributed by atoms with E-state index in [1.807, 2.05) is 25.7 Å². The topological polar surface area (TPSA) is 72.0 Å². The van der Waals surface area contributed by atoms with Crippen molar-refractivity contribution in [2.24, 2.45) is 5.41 Å². The largest absolute Gasteiger partial charge is 0.465 e. The molecule has 1 aromatic rings. The second kappa shape index (κ2) is 7.51. The van der Waals surface area contributed by atoms with Crippen LogP contribution in [0.2, 0.25) is 0 Å². The van der Waals surface area contributed by atoms with E-state index in [0.717, 1.165) is 0 Å². The van der Waals surface area contributed by atoms with Crippen molar-refractivity contribution in [3.63, 3.8) is 0 Å². The summed E-state index contributed by atoms with van der Waals surface area (Å²) in [6, 6.07) is 3.33. The Labute approximate surface area is 142 Å². The van der Waals surface area contributed by atoms with Crippen molar-refractivity contribution in [1.29, 1.82) is 0 Å². The van der Waals surface area contributed by atoms with Crippen molar-refractivity contribution in [2.75, 3.05) is 44.8 Å². The van der Waals surface area contributed by atoms with E-state index in [0.29, 0.717) is 44.2 Å². The Morgan fingerprint density at radius 3 is 2.46 bits per heavy atom. The highest BCUT2D eigenvalue weighted by Crippen LogP contribution is 2.17. The molecule has 7 heteroatoms. The lowest BCUT2D eigenvalue weighted by molar-refractivity contribution is 0.0600. The summed E-state index contributed by atoms with van der Waals surface area (Å²) in [5, 5.41) is 0. The summed E-state index contributed by atoms with van der Waals surface area (Å²) in [7, 11) is 1.35. The molecule has 7 nitrogen and oxygen atoms in total. The second-order valence-electron chi connectivity index (χ2n) is 6.98. The zero-order valence-electron chi connectivity index (χ0n) is 14.7. The minimum absolute atomic E-state index is 0.0459. The summed E-state index contributed by atoms with van der Waals surface area (Å²) >= 11 is 0. The third-order valence-electron chi connectivity index (χ3n) is 3.66. The lowest BCUT2D eigenvalue weighted by atomic mass is 9.99. The molecule has 0 radical (unpaired) electrons. The van der Waals surface area contributed by atoms with Gasteiger partial charge >= 0.3 is 12.1 Å². The number of piperazine rings is 1. The van der Waals surface area contributed by atoms with Crippen LogP contribution in [0.25, 0.3) is 0 Å². The number of pyridine rings is 1. The van der Waals surface area contributed by atoms with Crippen LogP contribution in [0.1, 0.15) is 31.1 Å². The zero-order chi connectivity index (χ0) is 17.7. The molecule has 1 saturated heterocycles. The number of ether oxygens (including phenoxy) is 2. The first-order chi connectivity index (χ1) is 11.3. The molecule has 1 fully saturated rings. The maximum Gasteiger partial charge on any atom is 0.409 e. The smallest absolute Gasteiger partial charge is 0.409 e. The van der Waals surface area contributed by atoms with Crippen LogP contribution >= 0.6 is 0 Å². The molecule has 0 aromatic carbocycles. The Morgan fingerprint density at radius 2 is 1.88 bits per heavy atom. The lowest BCUT2D eigenvalue weighted by Crippen LogP contribution is -2.49. The van der Waals surface area contributed by atoms with E-state index < -0.39 is 0 Å². The molecule has 0 bridgehead atoms. The zero-order valence-corrected chi connectivity index (χ0v) is 14.7. The van der Waals surface area contributed by atoms with Crippen molar-refractivity contribution in [3.05, 3.63) is 23.9 Å². The summed E-state index contributed by atoms with van der Waals surface area (Å²) in [5.41, 5.74) is 0.421. The molecule has 1 aromatic heterocycles. The number of methoxy groups -OCH3 is 1. The summed E-state index contributed by atoms with van der Waals surface area (Å²) in [5.74, 6) is 0.323. The first-order valence-electron chi connectivity index (χ1n) is 8.01. The first-order valence-corrected chi connectivity index (χ1v) is 8.01. The van der Waals surface area contributed by atoms with Gasteiger partial charge in [0.1, 0.15) is 5.82 Å². The molecule has 1 aliphatic rings. The normalized spacial score (nSPS) is 15.2. The average molecular weight is 335 g/mol. The molecular weight excluding hydrogens is 310 g/mol. The van der Waals surface area contributed by atoms with Crippen molar-refractivity contribution in [3.8, 4) is 0 Å². The first kappa shape index (κ1) is 18.0. The van der Waals surface area contributed by atoms with Gasteiger partial charge in [-0.1, -0.05) is 20.8 Å². The summed E-state index contributed by atoms with van der Waals surface area (Å²) in [6.07, 6.45) is 1.31. The van der Waals surface area contributed by atoms with Crippen molar-refractivity contribution >= 4 is 17.9 Å². The average Bonchev–Trinajstić information content (AvgIpc) is 2.58. The number of carbonyl (C=O) groups excluding carboxylic acids is 2. The van der Waals surface area contributed by atoms with E-state index in [4.69, 9.17) is 9.47 Å². The van der Waals surface area contributed by atoms with Crippen LogP contribution in [0, 0.1) is 5.41 Å². The third kappa shape index (κ3) is 4.84. The number of rotatable bonds is 3. The quantitative estimate of drug-likeness (QED) is 0.788. The van der Waals surface area contributed by atoms with E-state index in [-0.39, 0.29) is 17.5 Å². The third-order valence-corrected chi connectivity index (χ3v) is 3.66. The van der Waals surface area contributed by atoms with E-state index >= 15 is 0 Å². The van der Waals surface area contributed by atoms with E-state index in [1.54, 1.807) is 23.2 Å². The molecule has 2 heterocycles. The highest BCUT2D eigenvalue weighted by molar-refractivity contribution is 5.90. The molecule has 2 rings (SSSR count). The maximum absolute atomic E-state index is 12.1. The highest BCUT2D eigenvalue weighted by atomic mass is 16.6. The number of anilines is 1. The van der Waals surface area contributed by atoms with Gasteiger partial charge in [0, 0.05) is 32.4 Å². The van der Waals surface area contributed by atoms with Gasteiger partial charge in [0.15, 0.2) is 0 Å². The number of hydrogen-bond acceptors (Lipinski definition) is 6. The standard InChI is InChI=1S/C17H25N3O4/c1-17(2,3)12-24-16(22)20-9-7-19(8-10-20)14-11-13(5-6-18-14)15(21)23-4/h5-6,11H,7-10,12H2,1-4H3. The van der Waals surface area contributed by atoms with Crippen LogP contribution in [0.5, 0.6) is 0 Å². The van der Waals surface area contributed by atoms with Gasteiger partial charge in [0.05, 0.1) is 19.3 Å². The van der Waals surface area contributed by atoms with Crippen LogP contribution in [0.15, 0.2) is 18.3 Å². The van der Waals surface area contributed by atoms with Gasteiger partial charge in [0.2, 0.25) is 0 Å². The molecule has 0 N–H and O–H groups in total. The van der Waals surface area contributed by atoms with Gasteiger partial charge in [0.25, 0.3) is 0 Å². The van der Waals surface area contributed by atoms with E-state index in [9.17, 15) is 9.59 Å². The fraction of sp³-hybridized carbons (Fsp3) is 0.588. The maximum atomic E-state index is 12.1. The number of esters is 1. The molecule has 0 aliphatic carbocycles. The minimum atomic E-state index is -0.386. The van der Waals surface area contributed by atoms with Gasteiger partial charge in [-0.05, 0) is 17.5 Å². The van der Waals surface area contributed by atoms with Gasteiger partial charge in [-0.25, -0.2) is 14.6 Å². The Kier molecular flexibility index (Phi) is 5.64. The molecule has 0 unspecified atom stereocenters. The van der Waals surface area contributed by atoms with Gasteiger partial charge in [-0.2, -0.15) is 0 Å². The molecule has 1 amide bonds. The summed E-state index contributed by atoms with van der Waals surface area (Å²) in [6.45, 7) is 8.88. The highest BCUT2D eigenvalue weighted by Gasteiger charge is 2.24. The number of hydrogen-bond donors (Lipinski definition) is 0. The van der Waals surface area contributed by atoms with Crippen LogP contribution in [-0.4, -0.2) is 61.8 Å². The van der Waals surface area contributed by atoms with E-state index in [2.05, 4.69) is 4.98 Å².